The number of rotatable bonds is 4. The number of carbonyl (C=O) groups is 2. The fraction of sp³-hybridized carbons (Fsp3) is 0.273. The minimum absolute atomic E-state index is 0.403. The first-order valence-corrected chi connectivity index (χ1v) is 4.79. The van der Waals surface area contributed by atoms with Gasteiger partial charge in [-0.2, -0.15) is 0 Å². The number of primary amides is 1. The smallest absolute Gasteiger partial charge is 0.326 e. The first-order valence-electron chi connectivity index (χ1n) is 4.79. The van der Waals surface area contributed by atoms with Gasteiger partial charge in [-0.15, -0.1) is 0 Å². The van der Waals surface area contributed by atoms with E-state index in [9.17, 15) is 9.59 Å². The van der Waals surface area contributed by atoms with Crippen molar-refractivity contribution in [3.63, 3.8) is 0 Å². The quantitative estimate of drug-likeness (QED) is 0.785. The van der Waals surface area contributed by atoms with Crippen LogP contribution in [-0.2, 0) is 4.79 Å². The SMILES string of the molecule is CC(C(=O)O)N(C)c1ccc(C(N)=O)cc1. The number of nitrogens with zero attached hydrogens (tertiary/aromatic N) is 1. The number of hydrogen-bond acceptors (Lipinski definition) is 3. The lowest BCUT2D eigenvalue weighted by Crippen LogP contribution is -2.35. The minimum atomic E-state index is -0.901. The number of carbonyl (C=O) groups excluding carboxylic acids is 1. The molecule has 16 heavy (non-hydrogen) atoms. The number of likely N-dealkylation sites (N-methyl/N-ethyl adjacent to an activating group) is 1. The minimum Gasteiger partial charge on any atom is -0.480 e. The summed E-state index contributed by atoms with van der Waals surface area (Å²) in [6.07, 6.45) is 0. The molecule has 1 amide bonds. The van der Waals surface area contributed by atoms with Gasteiger partial charge in [0.25, 0.3) is 0 Å². The maximum Gasteiger partial charge on any atom is 0.326 e. The molecule has 3 N–H and O–H groups in total. The summed E-state index contributed by atoms with van der Waals surface area (Å²) >= 11 is 0. The highest BCUT2D eigenvalue weighted by molar-refractivity contribution is 5.93. The third-order valence-corrected chi connectivity index (χ3v) is 2.50. The zero-order chi connectivity index (χ0) is 12.3. The molecular formula is C11H14N2O3. The van der Waals surface area contributed by atoms with E-state index >= 15 is 0 Å². The first-order chi connectivity index (χ1) is 7.43. The maximum absolute atomic E-state index is 10.8. The lowest BCUT2D eigenvalue weighted by atomic mass is 10.1. The molecule has 0 saturated carbocycles. The van der Waals surface area contributed by atoms with Gasteiger partial charge in [-0.1, -0.05) is 0 Å². The van der Waals surface area contributed by atoms with E-state index in [0.29, 0.717) is 5.56 Å². The van der Waals surface area contributed by atoms with Crippen LogP contribution in [0.3, 0.4) is 0 Å². The van der Waals surface area contributed by atoms with Crippen LogP contribution in [0.5, 0.6) is 0 Å². The molecule has 0 aromatic heterocycles. The molecule has 0 aliphatic rings. The van der Waals surface area contributed by atoms with Crippen LogP contribution in [0.2, 0.25) is 0 Å². The Labute approximate surface area is 93.5 Å². The van der Waals surface area contributed by atoms with Crippen molar-refractivity contribution in [2.45, 2.75) is 13.0 Å². The van der Waals surface area contributed by atoms with Gasteiger partial charge in [0, 0.05) is 18.3 Å². The van der Waals surface area contributed by atoms with Crippen LogP contribution in [0.1, 0.15) is 17.3 Å². The molecule has 1 atom stereocenters. The highest BCUT2D eigenvalue weighted by Crippen LogP contribution is 2.16. The fourth-order valence-corrected chi connectivity index (χ4v) is 1.25. The molecule has 0 saturated heterocycles. The van der Waals surface area contributed by atoms with Crippen LogP contribution in [0.15, 0.2) is 24.3 Å². The number of benzene rings is 1. The van der Waals surface area contributed by atoms with Crippen molar-refractivity contribution >= 4 is 17.6 Å². The second-order valence-electron chi connectivity index (χ2n) is 3.54. The molecule has 1 rings (SSSR count). The van der Waals surface area contributed by atoms with Gasteiger partial charge >= 0.3 is 5.97 Å². The van der Waals surface area contributed by atoms with Gasteiger partial charge < -0.3 is 15.7 Å². The topological polar surface area (TPSA) is 83.6 Å². The number of aliphatic carboxylic acids is 1. The molecule has 5 nitrogen and oxygen atoms in total. The second kappa shape index (κ2) is 4.65. The van der Waals surface area contributed by atoms with Gasteiger partial charge in [-0.05, 0) is 31.2 Å². The van der Waals surface area contributed by atoms with Crippen LogP contribution in [0.25, 0.3) is 0 Å². The largest absolute Gasteiger partial charge is 0.480 e. The summed E-state index contributed by atoms with van der Waals surface area (Å²) < 4.78 is 0. The summed E-state index contributed by atoms with van der Waals surface area (Å²) in [5.74, 6) is -1.40. The Morgan fingerprint density at radius 3 is 2.19 bits per heavy atom. The van der Waals surface area contributed by atoms with Gasteiger partial charge in [0.15, 0.2) is 0 Å². The van der Waals surface area contributed by atoms with E-state index in [2.05, 4.69) is 0 Å². The Morgan fingerprint density at radius 2 is 1.81 bits per heavy atom. The molecule has 0 aliphatic carbocycles. The molecule has 0 heterocycles. The van der Waals surface area contributed by atoms with Crippen molar-refractivity contribution in [1.29, 1.82) is 0 Å². The molecule has 1 unspecified atom stereocenters. The average molecular weight is 222 g/mol. The standard InChI is InChI=1S/C11H14N2O3/c1-7(11(15)16)13(2)9-5-3-8(4-6-9)10(12)14/h3-7H,1-2H3,(H2,12,14)(H,15,16). The van der Waals surface area contributed by atoms with Crippen LogP contribution in [0.4, 0.5) is 5.69 Å². The maximum atomic E-state index is 10.8. The van der Waals surface area contributed by atoms with Crippen molar-refractivity contribution in [2.24, 2.45) is 5.73 Å². The lowest BCUT2D eigenvalue weighted by Gasteiger charge is -2.23. The number of carboxylic acids is 1. The van der Waals surface area contributed by atoms with Gasteiger partial charge in [0.05, 0.1) is 0 Å². The predicted molar refractivity (Wildman–Crippen MR) is 60.5 cm³/mol. The third-order valence-electron chi connectivity index (χ3n) is 2.50. The molecule has 86 valence electrons. The number of amides is 1. The summed E-state index contributed by atoms with van der Waals surface area (Å²) in [6, 6.07) is 5.85. The molecule has 0 radical (unpaired) electrons. The van der Waals surface area contributed by atoms with Crippen molar-refractivity contribution in [2.75, 3.05) is 11.9 Å². The third kappa shape index (κ3) is 2.50. The summed E-state index contributed by atoms with van der Waals surface area (Å²) in [4.78, 5) is 23.2. The molecule has 0 fully saturated rings. The van der Waals surface area contributed by atoms with Crippen molar-refractivity contribution < 1.29 is 14.7 Å². The average Bonchev–Trinajstić information content (AvgIpc) is 2.27. The number of nitrogens with two attached hydrogens (primary N) is 1. The molecule has 0 spiro atoms. The predicted octanol–water partition coefficient (Wildman–Crippen LogP) is 0.695. The van der Waals surface area contributed by atoms with Crippen LogP contribution >= 0.6 is 0 Å². The van der Waals surface area contributed by atoms with Crippen molar-refractivity contribution in [3.05, 3.63) is 29.8 Å². The normalized spacial score (nSPS) is 11.9. The van der Waals surface area contributed by atoms with E-state index < -0.39 is 17.9 Å². The highest BCUT2D eigenvalue weighted by atomic mass is 16.4. The molecule has 1 aromatic rings. The van der Waals surface area contributed by atoms with Crippen molar-refractivity contribution in [1.82, 2.24) is 0 Å². The molecule has 0 aliphatic heterocycles. The van der Waals surface area contributed by atoms with E-state index in [0.717, 1.165) is 5.69 Å². The number of anilines is 1. The monoisotopic (exact) mass is 222 g/mol. The number of hydrogen-bond donors (Lipinski definition) is 2. The second-order valence-corrected chi connectivity index (χ2v) is 3.54. The van der Waals surface area contributed by atoms with E-state index in [1.165, 1.54) is 0 Å². The van der Waals surface area contributed by atoms with E-state index in [1.54, 1.807) is 43.1 Å². The highest BCUT2D eigenvalue weighted by Gasteiger charge is 2.17. The Morgan fingerprint density at radius 1 is 1.31 bits per heavy atom. The zero-order valence-corrected chi connectivity index (χ0v) is 9.18. The van der Waals surface area contributed by atoms with Gasteiger partial charge in [-0.3, -0.25) is 4.79 Å². The van der Waals surface area contributed by atoms with Crippen LogP contribution in [-0.4, -0.2) is 30.1 Å². The summed E-state index contributed by atoms with van der Waals surface area (Å²) in [6.45, 7) is 1.59. The number of carboxylic acid groups (broad SMARTS) is 1. The molecule has 1 aromatic carbocycles. The zero-order valence-electron chi connectivity index (χ0n) is 9.18. The van der Waals surface area contributed by atoms with Gasteiger partial charge in [0.1, 0.15) is 6.04 Å². The Bertz CT molecular complexity index is 400. The molecule has 0 bridgehead atoms. The van der Waals surface area contributed by atoms with Gasteiger partial charge in [-0.25, -0.2) is 4.79 Å². The van der Waals surface area contributed by atoms with Crippen LogP contribution < -0.4 is 10.6 Å². The summed E-state index contributed by atoms with van der Waals surface area (Å²) in [7, 11) is 1.68. The van der Waals surface area contributed by atoms with E-state index in [4.69, 9.17) is 10.8 Å². The first kappa shape index (κ1) is 12.0. The van der Waals surface area contributed by atoms with E-state index in [-0.39, 0.29) is 0 Å². The Balaban J connectivity index is 2.89. The Kier molecular flexibility index (Phi) is 3.50. The molecule has 5 heteroatoms. The Hall–Kier alpha value is -2.04. The fourth-order valence-electron chi connectivity index (χ4n) is 1.25. The van der Waals surface area contributed by atoms with E-state index in [1.807, 2.05) is 0 Å². The molecular weight excluding hydrogens is 208 g/mol. The summed E-state index contributed by atoms with van der Waals surface area (Å²) in [5, 5.41) is 8.84. The van der Waals surface area contributed by atoms with Gasteiger partial charge in [0.2, 0.25) is 5.91 Å². The summed E-state index contributed by atoms with van der Waals surface area (Å²) in [5.41, 5.74) is 6.23. The van der Waals surface area contributed by atoms with Crippen molar-refractivity contribution in [3.8, 4) is 0 Å². The van der Waals surface area contributed by atoms with Crippen LogP contribution in [0, 0.1) is 0 Å². The lowest BCUT2D eigenvalue weighted by molar-refractivity contribution is -0.138.